The van der Waals surface area contributed by atoms with E-state index in [0.29, 0.717) is 13.1 Å². The molecular formula is C25H32IN7. The van der Waals surface area contributed by atoms with Crippen LogP contribution >= 0.6 is 24.0 Å². The molecule has 33 heavy (non-hydrogen) atoms. The second-order valence-corrected chi connectivity index (χ2v) is 7.91. The Morgan fingerprint density at radius 3 is 2.58 bits per heavy atom. The minimum Gasteiger partial charge on any atom is -0.361 e. The van der Waals surface area contributed by atoms with E-state index < -0.39 is 0 Å². The summed E-state index contributed by atoms with van der Waals surface area (Å²) in [5, 5.41) is 16.6. The molecule has 0 amide bonds. The molecule has 4 aromatic rings. The number of aromatic nitrogens is 4. The molecule has 2 heterocycles. The first-order valence-electron chi connectivity index (χ1n) is 11.1. The maximum Gasteiger partial charge on any atom is 0.191 e. The number of hydrogen-bond donors (Lipinski definition) is 3. The number of guanidine groups is 1. The topological polar surface area (TPSA) is 82.9 Å². The van der Waals surface area contributed by atoms with E-state index in [1.165, 1.54) is 27.6 Å². The molecule has 0 atom stereocenters. The van der Waals surface area contributed by atoms with E-state index in [1.54, 1.807) is 0 Å². The van der Waals surface area contributed by atoms with Crippen molar-refractivity contribution >= 4 is 40.8 Å². The summed E-state index contributed by atoms with van der Waals surface area (Å²) >= 11 is 0. The van der Waals surface area contributed by atoms with Crippen molar-refractivity contribution in [3.05, 3.63) is 83.1 Å². The van der Waals surface area contributed by atoms with Crippen molar-refractivity contribution in [2.45, 2.75) is 39.8 Å². The Balaban J connectivity index is 0.00000306. The fourth-order valence-corrected chi connectivity index (χ4v) is 3.79. The Morgan fingerprint density at radius 2 is 1.85 bits per heavy atom. The Bertz CT molecular complexity index is 1190. The van der Waals surface area contributed by atoms with Crippen molar-refractivity contribution in [1.82, 2.24) is 30.4 Å². The SMILES string of the molecule is CCc1cccc2c(CCNC(=NCc3ccccc3)NCc3nnc(C)n3C)c[nH]c12.I. The zero-order valence-electron chi connectivity index (χ0n) is 19.4. The van der Waals surface area contributed by atoms with Crippen molar-refractivity contribution in [1.29, 1.82) is 0 Å². The maximum absolute atomic E-state index is 4.78. The number of nitrogens with one attached hydrogen (secondary N) is 3. The minimum absolute atomic E-state index is 0. The Morgan fingerprint density at radius 1 is 1.03 bits per heavy atom. The number of aromatic amines is 1. The monoisotopic (exact) mass is 557 g/mol. The number of nitrogens with zero attached hydrogens (tertiary/aromatic N) is 4. The molecule has 174 valence electrons. The van der Waals surface area contributed by atoms with Gasteiger partial charge in [0.15, 0.2) is 11.8 Å². The van der Waals surface area contributed by atoms with Gasteiger partial charge in [-0.2, -0.15) is 0 Å². The van der Waals surface area contributed by atoms with E-state index >= 15 is 0 Å². The Hall–Kier alpha value is -2.88. The second-order valence-electron chi connectivity index (χ2n) is 7.91. The highest BCUT2D eigenvalue weighted by atomic mass is 127. The molecule has 8 heteroatoms. The number of benzene rings is 2. The number of halogens is 1. The van der Waals surface area contributed by atoms with Crippen LogP contribution < -0.4 is 10.6 Å². The van der Waals surface area contributed by atoms with E-state index in [0.717, 1.165) is 37.0 Å². The molecule has 0 aliphatic carbocycles. The van der Waals surface area contributed by atoms with Gasteiger partial charge in [-0.15, -0.1) is 34.2 Å². The van der Waals surface area contributed by atoms with Crippen LogP contribution in [-0.4, -0.2) is 32.3 Å². The van der Waals surface area contributed by atoms with Gasteiger partial charge in [0, 0.05) is 30.7 Å². The zero-order chi connectivity index (χ0) is 22.3. The third-order valence-electron chi connectivity index (χ3n) is 5.81. The van der Waals surface area contributed by atoms with Crippen LogP contribution in [0.1, 0.15) is 35.3 Å². The quantitative estimate of drug-likeness (QED) is 0.172. The van der Waals surface area contributed by atoms with Gasteiger partial charge in [0.05, 0.1) is 13.1 Å². The molecule has 0 bridgehead atoms. The van der Waals surface area contributed by atoms with Gasteiger partial charge in [0.2, 0.25) is 0 Å². The number of para-hydroxylation sites is 1. The molecule has 2 aromatic carbocycles. The third-order valence-corrected chi connectivity index (χ3v) is 5.81. The summed E-state index contributed by atoms with van der Waals surface area (Å²) < 4.78 is 1.99. The molecule has 0 fully saturated rings. The number of hydrogen-bond acceptors (Lipinski definition) is 3. The predicted octanol–water partition coefficient (Wildman–Crippen LogP) is 4.26. The smallest absolute Gasteiger partial charge is 0.191 e. The summed E-state index contributed by atoms with van der Waals surface area (Å²) in [4.78, 5) is 8.24. The Labute approximate surface area is 212 Å². The molecule has 3 N–H and O–H groups in total. The highest BCUT2D eigenvalue weighted by Crippen LogP contribution is 2.22. The molecule has 0 aliphatic rings. The van der Waals surface area contributed by atoms with Gasteiger partial charge in [-0.25, -0.2) is 4.99 Å². The van der Waals surface area contributed by atoms with Gasteiger partial charge in [0.1, 0.15) is 5.82 Å². The highest BCUT2D eigenvalue weighted by molar-refractivity contribution is 14.0. The van der Waals surface area contributed by atoms with E-state index in [9.17, 15) is 0 Å². The van der Waals surface area contributed by atoms with Gasteiger partial charge in [-0.1, -0.05) is 55.5 Å². The fraction of sp³-hybridized carbons (Fsp3) is 0.320. The van der Waals surface area contributed by atoms with Crippen LogP contribution in [-0.2, 0) is 33.0 Å². The maximum atomic E-state index is 4.78. The lowest BCUT2D eigenvalue weighted by atomic mass is 10.1. The van der Waals surface area contributed by atoms with E-state index in [-0.39, 0.29) is 24.0 Å². The normalized spacial score (nSPS) is 11.4. The van der Waals surface area contributed by atoms with Gasteiger partial charge >= 0.3 is 0 Å². The molecule has 0 saturated carbocycles. The highest BCUT2D eigenvalue weighted by Gasteiger charge is 2.09. The van der Waals surface area contributed by atoms with Crippen LogP contribution in [0, 0.1) is 6.92 Å². The lowest BCUT2D eigenvalue weighted by Gasteiger charge is -2.13. The predicted molar refractivity (Wildman–Crippen MR) is 145 cm³/mol. The summed E-state index contributed by atoms with van der Waals surface area (Å²) in [6.45, 7) is 6.09. The average Bonchev–Trinajstić information content (AvgIpc) is 3.39. The van der Waals surface area contributed by atoms with E-state index in [4.69, 9.17) is 4.99 Å². The average molecular weight is 557 g/mol. The van der Waals surface area contributed by atoms with Crippen molar-refractivity contribution in [3.8, 4) is 0 Å². The standard InChI is InChI=1S/C25H31N7.HI/c1-4-20-11-8-12-22-21(16-27-24(20)22)13-14-26-25(28-15-19-9-6-5-7-10-19)29-17-23-31-30-18(2)32(23)3;/h5-12,16,27H,4,13-15,17H2,1-3H3,(H2,26,28,29);1H. The van der Waals surface area contributed by atoms with Crippen LogP contribution in [0.5, 0.6) is 0 Å². The summed E-state index contributed by atoms with van der Waals surface area (Å²) in [6.07, 6.45) is 4.06. The van der Waals surface area contributed by atoms with Gasteiger partial charge in [-0.3, -0.25) is 0 Å². The zero-order valence-corrected chi connectivity index (χ0v) is 21.8. The van der Waals surface area contributed by atoms with Crippen LogP contribution in [0.15, 0.2) is 59.7 Å². The van der Waals surface area contributed by atoms with Crippen molar-refractivity contribution < 1.29 is 0 Å². The summed E-state index contributed by atoms with van der Waals surface area (Å²) in [6, 6.07) is 16.8. The first kappa shape index (κ1) is 24.8. The van der Waals surface area contributed by atoms with Crippen LogP contribution in [0.2, 0.25) is 0 Å². The molecule has 0 spiro atoms. The largest absolute Gasteiger partial charge is 0.361 e. The number of H-pyrrole nitrogens is 1. The lowest BCUT2D eigenvalue weighted by Crippen LogP contribution is -2.38. The molecular weight excluding hydrogens is 525 g/mol. The Kier molecular flexibility index (Phi) is 8.87. The summed E-state index contributed by atoms with van der Waals surface area (Å²) in [5.41, 5.74) is 5.09. The van der Waals surface area contributed by atoms with Crippen LogP contribution in [0.3, 0.4) is 0 Å². The number of aliphatic imine (C=N–C) groups is 1. The molecule has 0 unspecified atom stereocenters. The fourth-order valence-electron chi connectivity index (χ4n) is 3.79. The summed E-state index contributed by atoms with van der Waals surface area (Å²) in [7, 11) is 1.97. The first-order chi connectivity index (χ1) is 15.7. The molecule has 0 aliphatic heterocycles. The minimum atomic E-state index is 0. The second kappa shape index (κ2) is 11.8. The van der Waals surface area contributed by atoms with Gasteiger partial charge < -0.3 is 20.2 Å². The van der Waals surface area contributed by atoms with Crippen molar-refractivity contribution in [3.63, 3.8) is 0 Å². The number of fused-ring (bicyclic) bond motifs is 1. The van der Waals surface area contributed by atoms with Gasteiger partial charge in [0.25, 0.3) is 0 Å². The first-order valence-corrected chi connectivity index (χ1v) is 11.1. The molecule has 7 nitrogen and oxygen atoms in total. The molecule has 2 aromatic heterocycles. The van der Waals surface area contributed by atoms with Crippen molar-refractivity contribution in [2.75, 3.05) is 6.54 Å². The van der Waals surface area contributed by atoms with Crippen molar-refractivity contribution in [2.24, 2.45) is 12.0 Å². The van der Waals surface area contributed by atoms with Crippen LogP contribution in [0.4, 0.5) is 0 Å². The number of rotatable bonds is 8. The summed E-state index contributed by atoms with van der Waals surface area (Å²) in [5.74, 6) is 2.53. The molecule has 0 saturated heterocycles. The van der Waals surface area contributed by atoms with Gasteiger partial charge in [-0.05, 0) is 36.5 Å². The third kappa shape index (κ3) is 6.13. The molecule has 0 radical (unpaired) electrons. The molecule has 4 rings (SSSR count). The lowest BCUT2D eigenvalue weighted by molar-refractivity contribution is 0.713. The van der Waals surface area contributed by atoms with E-state index in [2.05, 4.69) is 69.3 Å². The number of aryl methyl sites for hydroxylation is 2. The van der Waals surface area contributed by atoms with Crippen LogP contribution in [0.25, 0.3) is 10.9 Å². The van der Waals surface area contributed by atoms with E-state index in [1.807, 2.05) is 36.7 Å².